The Labute approximate surface area is 122 Å². The summed E-state index contributed by atoms with van der Waals surface area (Å²) in [6.07, 6.45) is 0. The molecule has 1 amide bonds. The van der Waals surface area contributed by atoms with Crippen molar-refractivity contribution < 1.29 is 9.90 Å². The summed E-state index contributed by atoms with van der Waals surface area (Å²) in [5.74, 6) is -0.128. The molecular weight excluding hydrogens is 276 g/mol. The van der Waals surface area contributed by atoms with Crippen LogP contribution in [0.1, 0.15) is 21.5 Å². The first kappa shape index (κ1) is 14.2. The van der Waals surface area contributed by atoms with E-state index in [1.54, 1.807) is 25.1 Å². The molecule has 0 bridgehead atoms. The second-order valence-corrected chi connectivity index (χ2v) is 5.05. The van der Waals surface area contributed by atoms with Gasteiger partial charge in [0.1, 0.15) is 5.75 Å². The molecule has 20 heavy (non-hydrogen) atoms. The van der Waals surface area contributed by atoms with E-state index in [2.05, 4.69) is 5.32 Å². The fourth-order valence-corrected chi connectivity index (χ4v) is 2.09. The van der Waals surface area contributed by atoms with Gasteiger partial charge < -0.3 is 16.2 Å². The number of aryl methyl sites for hydroxylation is 2. The van der Waals surface area contributed by atoms with Crippen molar-refractivity contribution in [1.29, 1.82) is 0 Å². The van der Waals surface area contributed by atoms with Crippen molar-refractivity contribution in [2.24, 2.45) is 0 Å². The zero-order chi connectivity index (χ0) is 14.9. The normalized spacial score (nSPS) is 10.3. The standard InChI is InChI=1S/C15H15ClN2O2/c1-8-5-10(19)3-4-11(8)15(20)18-14-7-12(16)13(17)6-9(14)2/h3-7,19H,17H2,1-2H3,(H,18,20). The number of hydrogen-bond donors (Lipinski definition) is 3. The third-order valence-corrected chi connectivity index (χ3v) is 3.37. The number of phenolic OH excluding ortho intramolecular Hbond substituents is 1. The van der Waals surface area contributed by atoms with E-state index >= 15 is 0 Å². The number of aromatic hydroxyl groups is 1. The first-order valence-electron chi connectivity index (χ1n) is 6.05. The Bertz CT molecular complexity index is 684. The van der Waals surface area contributed by atoms with Crippen LogP contribution in [0.5, 0.6) is 5.75 Å². The minimum absolute atomic E-state index is 0.130. The molecule has 0 saturated carbocycles. The number of rotatable bonds is 2. The molecule has 104 valence electrons. The molecule has 0 aliphatic carbocycles. The molecule has 4 nitrogen and oxygen atoms in total. The van der Waals surface area contributed by atoms with Gasteiger partial charge in [0.2, 0.25) is 0 Å². The fraction of sp³-hybridized carbons (Fsp3) is 0.133. The number of carbonyl (C=O) groups is 1. The van der Waals surface area contributed by atoms with E-state index in [1.807, 2.05) is 6.92 Å². The Morgan fingerprint density at radius 2 is 1.90 bits per heavy atom. The fourth-order valence-electron chi connectivity index (χ4n) is 1.93. The van der Waals surface area contributed by atoms with Crippen LogP contribution in [0.15, 0.2) is 30.3 Å². The highest BCUT2D eigenvalue weighted by Crippen LogP contribution is 2.27. The molecule has 5 heteroatoms. The van der Waals surface area contributed by atoms with Crippen LogP contribution in [0, 0.1) is 13.8 Å². The number of phenols is 1. The predicted octanol–water partition coefficient (Wildman–Crippen LogP) is 3.50. The molecule has 0 aliphatic heterocycles. The van der Waals surface area contributed by atoms with Gasteiger partial charge in [-0.15, -0.1) is 0 Å². The molecule has 0 radical (unpaired) electrons. The quantitative estimate of drug-likeness (QED) is 0.741. The van der Waals surface area contributed by atoms with E-state index in [0.29, 0.717) is 27.5 Å². The van der Waals surface area contributed by atoms with Gasteiger partial charge in [0.15, 0.2) is 0 Å². The van der Waals surface area contributed by atoms with Crippen molar-refractivity contribution >= 4 is 28.9 Å². The summed E-state index contributed by atoms with van der Waals surface area (Å²) in [5, 5.41) is 12.5. The summed E-state index contributed by atoms with van der Waals surface area (Å²) in [6, 6.07) is 7.93. The molecule has 0 unspecified atom stereocenters. The van der Waals surface area contributed by atoms with Gasteiger partial charge in [0, 0.05) is 11.3 Å². The number of benzene rings is 2. The Morgan fingerprint density at radius 1 is 1.20 bits per heavy atom. The lowest BCUT2D eigenvalue weighted by atomic mass is 10.1. The third-order valence-electron chi connectivity index (χ3n) is 3.05. The summed E-state index contributed by atoms with van der Waals surface area (Å²) in [7, 11) is 0. The van der Waals surface area contributed by atoms with Crippen LogP contribution in [-0.4, -0.2) is 11.0 Å². The van der Waals surface area contributed by atoms with E-state index in [4.69, 9.17) is 17.3 Å². The van der Waals surface area contributed by atoms with Gasteiger partial charge in [0.05, 0.1) is 10.7 Å². The lowest BCUT2D eigenvalue weighted by Gasteiger charge is -2.12. The van der Waals surface area contributed by atoms with Gasteiger partial charge in [-0.3, -0.25) is 4.79 Å². The molecule has 2 aromatic carbocycles. The van der Waals surface area contributed by atoms with Gasteiger partial charge in [-0.25, -0.2) is 0 Å². The largest absolute Gasteiger partial charge is 0.508 e. The van der Waals surface area contributed by atoms with Crippen molar-refractivity contribution in [2.75, 3.05) is 11.1 Å². The van der Waals surface area contributed by atoms with E-state index in [-0.39, 0.29) is 11.7 Å². The van der Waals surface area contributed by atoms with Crippen LogP contribution in [0.25, 0.3) is 0 Å². The number of carbonyl (C=O) groups excluding carboxylic acids is 1. The van der Waals surface area contributed by atoms with E-state index in [9.17, 15) is 9.90 Å². The lowest BCUT2D eigenvalue weighted by Crippen LogP contribution is -2.14. The number of nitrogen functional groups attached to an aromatic ring is 1. The van der Waals surface area contributed by atoms with E-state index in [1.165, 1.54) is 12.1 Å². The summed E-state index contributed by atoms with van der Waals surface area (Å²) in [5.41, 5.74) is 8.81. The van der Waals surface area contributed by atoms with Crippen LogP contribution in [-0.2, 0) is 0 Å². The molecule has 0 aliphatic rings. The highest BCUT2D eigenvalue weighted by atomic mass is 35.5. The number of anilines is 2. The number of nitrogens with one attached hydrogen (secondary N) is 1. The third kappa shape index (κ3) is 2.86. The second kappa shape index (κ2) is 5.43. The molecule has 0 fully saturated rings. The van der Waals surface area contributed by atoms with Gasteiger partial charge in [0.25, 0.3) is 5.91 Å². The van der Waals surface area contributed by atoms with Crippen LogP contribution in [0.3, 0.4) is 0 Å². The molecular formula is C15H15ClN2O2. The van der Waals surface area contributed by atoms with Crippen molar-refractivity contribution in [3.63, 3.8) is 0 Å². The number of amides is 1. The Hall–Kier alpha value is -2.20. The first-order chi connectivity index (χ1) is 9.38. The highest BCUT2D eigenvalue weighted by Gasteiger charge is 2.12. The minimum atomic E-state index is -0.258. The SMILES string of the molecule is Cc1cc(N)c(Cl)cc1NC(=O)c1ccc(O)cc1C. The Balaban J connectivity index is 2.30. The van der Waals surface area contributed by atoms with E-state index in [0.717, 1.165) is 5.56 Å². The number of nitrogens with two attached hydrogens (primary N) is 1. The van der Waals surface area contributed by atoms with Gasteiger partial charge in [-0.1, -0.05) is 11.6 Å². The molecule has 0 atom stereocenters. The molecule has 0 aromatic heterocycles. The van der Waals surface area contributed by atoms with Crippen molar-refractivity contribution in [1.82, 2.24) is 0 Å². The van der Waals surface area contributed by atoms with Crippen LogP contribution in [0.4, 0.5) is 11.4 Å². The smallest absolute Gasteiger partial charge is 0.255 e. The molecule has 2 rings (SSSR count). The average molecular weight is 291 g/mol. The van der Waals surface area contributed by atoms with Crippen LogP contribution >= 0.6 is 11.6 Å². The number of hydrogen-bond acceptors (Lipinski definition) is 3. The topological polar surface area (TPSA) is 75.3 Å². The van der Waals surface area contributed by atoms with Gasteiger partial charge in [-0.05, 0) is 55.3 Å². The van der Waals surface area contributed by atoms with Crippen LogP contribution < -0.4 is 11.1 Å². The summed E-state index contributed by atoms with van der Waals surface area (Å²) in [6.45, 7) is 3.60. The summed E-state index contributed by atoms with van der Waals surface area (Å²) < 4.78 is 0. The van der Waals surface area contributed by atoms with Crippen molar-refractivity contribution in [3.8, 4) is 5.75 Å². The minimum Gasteiger partial charge on any atom is -0.508 e. The predicted molar refractivity (Wildman–Crippen MR) is 81.4 cm³/mol. The summed E-state index contributed by atoms with van der Waals surface area (Å²) in [4.78, 5) is 12.2. The average Bonchev–Trinajstić information content (AvgIpc) is 2.35. The lowest BCUT2D eigenvalue weighted by molar-refractivity contribution is 0.102. The molecule has 4 N–H and O–H groups in total. The number of halogens is 1. The highest BCUT2D eigenvalue weighted by molar-refractivity contribution is 6.33. The van der Waals surface area contributed by atoms with Crippen molar-refractivity contribution in [3.05, 3.63) is 52.0 Å². The zero-order valence-corrected chi connectivity index (χ0v) is 12.0. The maximum Gasteiger partial charge on any atom is 0.255 e. The molecule has 0 saturated heterocycles. The first-order valence-corrected chi connectivity index (χ1v) is 6.43. The van der Waals surface area contributed by atoms with Gasteiger partial charge >= 0.3 is 0 Å². The van der Waals surface area contributed by atoms with Crippen LogP contribution in [0.2, 0.25) is 5.02 Å². The molecule has 0 heterocycles. The van der Waals surface area contributed by atoms with Crippen molar-refractivity contribution in [2.45, 2.75) is 13.8 Å². The molecule has 2 aromatic rings. The molecule has 0 spiro atoms. The zero-order valence-electron chi connectivity index (χ0n) is 11.2. The monoisotopic (exact) mass is 290 g/mol. The maximum atomic E-state index is 12.2. The maximum absolute atomic E-state index is 12.2. The Morgan fingerprint density at radius 3 is 2.55 bits per heavy atom. The summed E-state index contributed by atoms with van der Waals surface area (Å²) >= 11 is 5.96. The Kier molecular flexibility index (Phi) is 3.86. The second-order valence-electron chi connectivity index (χ2n) is 4.64. The van der Waals surface area contributed by atoms with E-state index < -0.39 is 0 Å². The van der Waals surface area contributed by atoms with Gasteiger partial charge in [-0.2, -0.15) is 0 Å².